The van der Waals surface area contributed by atoms with Crippen LogP contribution >= 0.6 is 15.6 Å². The van der Waals surface area contributed by atoms with Gasteiger partial charge in [0, 0.05) is 25.7 Å². The minimum absolute atomic E-state index is 0.106. The lowest BCUT2D eigenvalue weighted by molar-refractivity contribution is -0.161. The van der Waals surface area contributed by atoms with Crippen molar-refractivity contribution >= 4 is 39.5 Å². The second-order valence-electron chi connectivity index (χ2n) is 29.1. The topological polar surface area (TPSA) is 237 Å². The number of rotatable bonds is 77. The molecule has 0 aliphatic carbocycles. The fraction of sp³-hybridized carbons (Fsp3) is 0.949. The maximum absolute atomic E-state index is 13.1. The first-order valence-corrected chi connectivity index (χ1v) is 43.5. The average molecular weight is 1420 g/mol. The summed E-state index contributed by atoms with van der Waals surface area (Å²) < 4.78 is 68.6. The van der Waals surface area contributed by atoms with Gasteiger partial charge in [0.25, 0.3) is 0 Å². The van der Waals surface area contributed by atoms with Gasteiger partial charge in [-0.2, -0.15) is 0 Å². The van der Waals surface area contributed by atoms with Gasteiger partial charge >= 0.3 is 39.5 Å². The molecule has 0 radical (unpaired) electrons. The Hall–Kier alpha value is -1.94. The lowest BCUT2D eigenvalue weighted by atomic mass is 10.0. The lowest BCUT2D eigenvalue weighted by Gasteiger charge is -2.21. The molecule has 17 nitrogen and oxygen atoms in total. The average Bonchev–Trinajstić information content (AvgIpc) is 1.20. The first kappa shape index (κ1) is 95.1. The summed E-state index contributed by atoms with van der Waals surface area (Å²) in [4.78, 5) is 72.9. The van der Waals surface area contributed by atoms with Gasteiger partial charge in [-0.1, -0.05) is 356 Å². The molecule has 5 atom stereocenters. The number of phosphoric ester groups is 2. The van der Waals surface area contributed by atoms with E-state index in [1.165, 1.54) is 225 Å². The second-order valence-corrected chi connectivity index (χ2v) is 32.0. The Labute approximate surface area is 594 Å². The van der Waals surface area contributed by atoms with Gasteiger partial charge in [0.2, 0.25) is 0 Å². The van der Waals surface area contributed by atoms with Crippen LogP contribution in [-0.4, -0.2) is 96.7 Å². The van der Waals surface area contributed by atoms with Crippen LogP contribution in [0, 0.1) is 11.8 Å². The van der Waals surface area contributed by atoms with Crippen molar-refractivity contribution in [1.29, 1.82) is 0 Å². The number of carbonyl (C=O) groups excluding carboxylic acids is 4. The Balaban J connectivity index is 5.26. The fourth-order valence-electron chi connectivity index (χ4n) is 12.0. The smallest absolute Gasteiger partial charge is 0.462 e. The van der Waals surface area contributed by atoms with Gasteiger partial charge in [0.15, 0.2) is 12.2 Å². The molecule has 0 aromatic carbocycles. The Bertz CT molecular complexity index is 1870. The number of esters is 4. The largest absolute Gasteiger partial charge is 0.472 e. The van der Waals surface area contributed by atoms with E-state index >= 15 is 0 Å². The van der Waals surface area contributed by atoms with Gasteiger partial charge in [-0.15, -0.1) is 0 Å². The summed E-state index contributed by atoms with van der Waals surface area (Å²) >= 11 is 0. The number of unbranched alkanes of at least 4 members (excludes halogenated alkanes) is 47. The maximum Gasteiger partial charge on any atom is 0.472 e. The minimum Gasteiger partial charge on any atom is -0.462 e. The zero-order valence-corrected chi connectivity index (χ0v) is 65.2. The molecule has 0 aliphatic rings. The standard InChI is InChI=1S/C78H152O17P2/c1-7-9-11-13-15-17-19-21-23-24-26-28-32-36-44-50-56-62-77(82)94-73(66-88-75(80)60-54-48-42-35-31-27-25-22-20-18-16-14-12-10-8-2)68-92-96(84,85)90-64-72(79)65-91-97(86,87)93-69-74(67-89-76(81)61-55-49-43-39-38-41-47-53-59-71(5)6)95-78(83)63-57-51-45-37-33-29-30-34-40-46-52-58-70(3)4/h70-74,79H,7-69H2,1-6H3,(H,84,85)(H,86,87)/t72-,73-,74-/m1/s1. The third-order valence-electron chi connectivity index (χ3n) is 18.2. The minimum atomic E-state index is -4.96. The zero-order chi connectivity index (χ0) is 71.4. The summed E-state index contributed by atoms with van der Waals surface area (Å²) in [6.07, 6.45) is 58.2. The molecular formula is C78H152O17P2. The summed E-state index contributed by atoms with van der Waals surface area (Å²) in [6, 6.07) is 0. The number of carbonyl (C=O) groups is 4. The van der Waals surface area contributed by atoms with E-state index in [1.54, 1.807) is 0 Å². The number of aliphatic hydroxyl groups excluding tert-OH is 1. The van der Waals surface area contributed by atoms with Gasteiger partial charge in [0.1, 0.15) is 19.3 Å². The quantitative estimate of drug-likeness (QED) is 0.0222. The van der Waals surface area contributed by atoms with Crippen molar-refractivity contribution < 1.29 is 80.2 Å². The highest BCUT2D eigenvalue weighted by Crippen LogP contribution is 2.45. The normalized spacial score (nSPS) is 14.0. The molecule has 0 aliphatic heterocycles. The highest BCUT2D eigenvalue weighted by atomic mass is 31.2. The molecule has 0 aromatic heterocycles. The molecular weight excluding hydrogens is 1270 g/mol. The third-order valence-corrected chi connectivity index (χ3v) is 20.1. The van der Waals surface area contributed by atoms with E-state index in [1.807, 2.05) is 0 Å². The van der Waals surface area contributed by atoms with Crippen LogP contribution in [0.15, 0.2) is 0 Å². The third kappa shape index (κ3) is 72.2. The first-order chi connectivity index (χ1) is 46.9. The fourth-order valence-corrected chi connectivity index (χ4v) is 13.6. The van der Waals surface area contributed by atoms with Crippen molar-refractivity contribution in [3.8, 4) is 0 Å². The van der Waals surface area contributed by atoms with E-state index in [-0.39, 0.29) is 25.7 Å². The van der Waals surface area contributed by atoms with Crippen molar-refractivity contribution in [1.82, 2.24) is 0 Å². The summed E-state index contributed by atoms with van der Waals surface area (Å²) in [5.74, 6) is -0.620. The van der Waals surface area contributed by atoms with E-state index in [4.69, 9.17) is 37.0 Å². The molecule has 0 fully saturated rings. The SMILES string of the molecule is CCCCCCCCCCCCCCCCCCCC(=O)O[C@H](COC(=O)CCCCCCCCCCCCCCCCC)COP(=O)(O)OC[C@@H](O)COP(=O)(O)OC[C@@H](COC(=O)CCCCCCCCCCC(C)C)OC(=O)CCCCCCCCCCCCCC(C)C. The Morgan fingerprint density at radius 3 is 0.701 bits per heavy atom. The highest BCUT2D eigenvalue weighted by Gasteiger charge is 2.30. The van der Waals surface area contributed by atoms with Crippen LogP contribution in [0.2, 0.25) is 0 Å². The molecule has 3 N–H and O–H groups in total. The predicted molar refractivity (Wildman–Crippen MR) is 395 cm³/mol. The van der Waals surface area contributed by atoms with E-state index in [9.17, 15) is 43.2 Å². The number of ether oxygens (including phenoxy) is 4. The molecule has 0 aromatic rings. The number of phosphoric acid groups is 2. The second kappa shape index (κ2) is 69.8. The van der Waals surface area contributed by atoms with Crippen LogP contribution in [0.5, 0.6) is 0 Å². The predicted octanol–water partition coefficient (Wildman–Crippen LogP) is 23.1. The van der Waals surface area contributed by atoms with Crippen LogP contribution in [0.25, 0.3) is 0 Å². The van der Waals surface area contributed by atoms with Crippen molar-refractivity contribution in [2.75, 3.05) is 39.6 Å². The summed E-state index contributed by atoms with van der Waals surface area (Å²) in [7, 11) is -9.92. The monoisotopic (exact) mass is 1420 g/mol. The number of aliphatic hydroxyl groups is 1. The van der Waals surface area contributed by atoms with E-state index in [0.717, 1.165) is 102 Å². The summed E-state index contributed by atoms with van der Waals surface area (Å²) in [5.41, 5.74) is 0. The Morgan fingerprint density at radius 2 is 0.474 bits per heavy atom. The molecule has 19 heteroatoms. The van der Waals surface area contributed by atoms with E-state index in [0.29, 0.717) is 25.7 Å². The van der Waals surface area contributed by atoms with Crippen molar-refractivity contribution in [3.05, 3.63) is 0 Å². The lowest BCUT2D eigenvalue weighted by Crippen LogP contribution is -2.30. The molecule has 0 amide bonds. The van der Waals surface area contributed by atoms with E-state index in [2.05, 4.69) is 41.5 Å². The van der Waals surface area contributed by atoms with Gasteiger partial charge in [-0.3, -0.25) is 37.3 Å². The molecule has 2 unspecified atom stereocenters. The first-order valence-electron chi connectivity index (χ1n) is 40.5. The Morgan fingerprint density at radius 1 is 0.278 bits per heavy atom. The molecule has 0 saturated carbocycles. The molecule has 0 heterocycles. The van der Waals surface area contributed by atoms with Crippen molar-refractivity contribution in [2.24, 2.45) is 11.8 Å². The Kier molecular flexibility index (Phi) is 68.4. The van der Waals surface area contributed by atoms with Crippen LogP contribution in [0.4, 0.5) is 0 Å². The van der Waals surface area contributed by atoms with Crippen LogP contribution in [-0.2, 0) is 65.4 Å². The van der Waals surface area contributed by atoms with Gasteiger partial charge in [-0.05, 0) is 37.5 Å². The molecule has 0 bridgehead atoms. The van der Waals surface area contributed by atoms with Crippen LogP contribution in [0.1, 0.15) is 408 Å². The zero-order valence-electron chi connectivity index (χ0n) is 63.4. The molecule has 0 spiro atoms. The van der Waals surface area contributed by atoms with Crippen molar-refractivity contribution in [2.45, 2.75) is 426 Å². The van der Waals surface area contributed by atoms with Crippen LogP contribution in [0.3, 0.4) is 0 Å². The maximum atomic E-state index is 13.1. The van der Waals surface area contributed by atoms with Gasteiger partial charge in [0.05, 0.1) is 26.4 Å². The van der Waals surface area contributed by atoms with Crippen LogP contribution < -0.4 is 0 Å². The van der Waals surface area contributed by atoms with Gasteiger partial charge < -0.3 is 33.8 Å². The van der Waals surface area contributed by atoms with Gasteiger partial charge in [-0.25, -0.2) is 9.13 Å². The van der Waals surface area contributed by atoms with E-state index < -0.39 is 97.5 Å². The molecule has 576 valence electrons. The summed E-state index contributed by atoms with van der Waals surface area (Å²) in [6.45, 7) is 9.59. The number of hydrogen-bond acceptors (Lipinski definition) is 15. The van der Waals surface area contributed by atoms with Crippen molar-refractivity contribution in [3.63, 3.8) is 0 Å². The molecule has 97 heavy (non-hydrogen) atoms. The molecule has 0 rings (SSSR count). The number of hydrogen-bond donors (Lipinski definition) is 3. The molecule has 0 saturated heterocycles. The summed E-state index contributed by atoms with van der Waals surface area (Å²) in [5, 5.41) is 10.6. The highest BCUT2D eigenvalue weighted by molar-refractivity contribution is 7.47.